The predicted molar refractivity (Wildman–Crippen MR) is 87.3 cm³/mol. The molecule has 0 aliphatic carbocycles. The summed E-state index contributed by atoms with van der Waals surface area (Å²) >= 11 is 0. The van der Waals surface area contributed by atoms with Gasteiger partial charge in [-0.15, -0.1) is 0 Å². The third kappa shape index (κ3) is 3.04. The van der Waals surface area contributed by atoms with Crippen LogP contribution in [-0.4, -0.2) is 34.8 Å². The van der Waals surface area contributed by atoms with E-state index in [2.05, 4.69) is 11.4 Å². The van der Waals surface area contributed by atoms with E-state index in [1.165, 1.54) is 10.5 Å². The Hall–Kier alpha value is -2.81. The fraction of sp³-hybridized carbons (Fsp3) is 0.353. The van der Waals surface area contributed by atoms with Gasteiger partial charge in [0.25, 0.3) is 5.56 Å². The number of rotatable bonds is 3. The number of carbonyl (C=O) groups excluding carboxylic acids is 1. The smallest absolute Gasteiger partial charge is 0.278 e. The van der Waals surface area contributed by atoms with E-state index in [9.17, 15) is 14.9 Å². The molecule has 23 heavy (non-hydrogen) atoms. The van der Waals surface area contributed by atoms with E-state index >= 15 is 0 Å². The molecule has 1 saturated heterocycles. The first-order valence-corrected chi connectivity index (χ1v) is 7.77. The van der Waals surface area contributed by atoms with Crippen LogP contribution in [0.1, 0.15) is 24.8 Å². The van der Waals surface area contributed by atoms with Crippen LogP contribution in [-0.2, 0) is 4.79 Å². The number of nitriles is 1. The number of hydrogen-bond acceptors (Lipinski definition) is 4. The van der Waals surface area contributed by atoms with Crippen molar-refractivity contribution in [3.8, 4) is 6.07 Å². The second kappa shape index (κ2) is 6.53. The lowest BCUT2D eigenvalue weighted by Gasteiger charge is -2.26. The van der Waals surface area contributed by atoms with E-state index in [4.69, 9.17) is 0 Å². The predicted octanol–water partition coefficient (Wildman–Crippen LogP) is 1.60. The Labute approximate surface area is 133 Å². The first-order chi connectivity index (χ1) is 11.2. The molecule has 0 bridgehead atoms. The number of amides is 1. The number of pyridine rings is 2. The topological polar surface area (TPSA) is 77.6 Å². The van der Waals surface area contributed by atoms with Gasteiger partial charge in [-0.3, -0.25) is 14.0 Å². The van der Waals surface area contributed by atoms with Crippen LogP contribution in [0.25, 0.3) is 5.52 Å². The Morgan fingerprint density at radius 2 is 2.04 bits per heavy atom. The molecule has 1 aliphatic heterocycles. The first kappa shape index (κ1) is 15.1. The molecule has 0 atom stereocenters. The van der Waals surface area contributed by atoms with Gasteiger partial charge in [0.1, 0.15) is 11.8 Å². The van der Waals surface area contributed by atoms with Gasteiger partial charge < -0.3 is 10.2 Å². The minimum atomic E-state index is -0.258. The van der Waals surface area contributed by atoms with Gasteiger partial charge in [0.2, 0.25) is 5.91 Å². The SMILES string of the molecule is N#Cc1cc(NCC(=O)N2CCCCC2)c(=O)n2ccccc12. The molecule has 1 aliphatic rings. The molecular formula is C17H18N4O2. The lowest BCUT2D eigenvalue weighted by molar-refractivity contribution is -0.130. The Morgan fingerprint density at radius 3 is 2.78 bits per heavy atom. The maximum Gasteiger partial charge on any atom is 0.278 e. The summed E-state index contributed by atoms with van der Waals surface area (Å²) in [4.78, 5) is 26.5. The molecule has 0 aromatic carbocycles. The molecule has 2 aromatic rings. The lowest BCUT2D eigenvalue weighted by Crippen LogP contribution is -2.39. The standard InChI is InChI=1S/C17H18N4O2/c18-11-13-10-14(17(23)21-9-5-2-6-15(13)21)19-12-16(22)20-7-3-1-4-8-20/h2,5-6,9-10,19H,1,3-4,7-8,12H2. The van der Waals surface area contributed by atoms with Crippen molar-refractivity contribution in [3.63, 3.8) is 0 Å². The molecule has 118 valence electrons. The second-order valence-electron chi connectivity index (χ2n) is 5.64. The fourth-order valence-electron chi connectivity index (χ4n) is 2.89. The van der Waals surface area contributed by atoms with Crippen molar-refractivity contribution in [2.45, 2.75) is 19.3 Å². The van der Waals surface area contributed by atoms with Gasteiger partial charge >= 0.3 is 0 Å². The molecule has 6 nitrogen and oxygen atoms in total. The van der Waals surface area contributed by atoms with E-state index in [1.54, 1.807) is 24.4 Å². The van der Waals surface area contributed by atoms with Gasteiger partial charge in [-0.2, -0.15) is 5.26 Å². The Morgan fingerprint density at radius 1 is 1.26 bits per heavy atom. The van der Waals surface area contributed by atoms with Crippen molar-refractivity contribution >= 4 is 17.1 Å². The van der Waals surface area contributed by atoms with Crippen molar-refractivity contribution in [2.75, 3.05) is 25.0 Å². The minimum absolute atomic E-state index is 0.0132. The molecule has 6 heteroatoms. The summed E-state index contributed by atoms with van der Waals surface area (Å²) in [5.74, 6) is -0.0132. The highest BCUT2D eigenvalue weighted by molar-refractivity contribution is 5.81. The largest absolute Gasteiger partial charge is 0.372 e. The van der Waals surface area contributed by atoms with Crippen molar-refractivity contribution in [3.05, 3.63) is 46.4 Å². The van der Waals surface area contributed by atoms with Crippen molar-refractivity contribution in [1.29, 1.82) is 5.26 Å². The van der Waals surface area contributed by atoms with Crippen LogP contribution in [0.3, 0.4) is 0 Å². The quantitative estimate of drug-likeness (QED) is 0.934. The number of nitrogens with zero attached hydrogens (tertiary/aromatic N) is 3. The Balaban J connectivity index is 1.83. The second-order valence-corrected chi connectivity index (χ2v) is 5.64. The molecule has 0 saturated carbocycles. The summed E-state index contributed by atoms with van der Waals surface area (Å²) in [6.07, 6.45) is 4.84. The molecule has 1 fully saturated rings. The number of anilines is 1. The number of piperidine rings is 1. The molecule has 3 heterocycles. The van der Waals surface area contributed by atoms with Gasteiger partial charge in [-0.05, 0) is 37.5 Å². The van der Waals surface area contributed by atoms with E-state index in [0.29, 0.717) is 11.1 Å². The highest BCUT2D eigenvalue weighted by Gasteiger charge is 2.17. The molecule has 3 rings (SSSR count). The van der Waals surface area contributed by atoms with Gasteiger partial charge in [0.15, 0.2) is 0 Å². The Kier molecular flexibility index (Phi) is 4.29. The third-order valence-electron chi connectivity index (χ3n) is 4.13. The van der Waals surface area contributed by atoms with Gasteiger partial charge in [-0.1, -0.05) is 6.07 Å². The molecule has 1 N–H and O–H groups in total. The van der Waals surface area contributed by atoms with Gasteiger partial charge in [0, 0.05) is 19.3 Å². The first-order valence-electron chi connectivity index (χ1n) is 7.77. The van der Waals surface area contributed by atoms with Crippen molar-refractivity contribution in [2.24, 2.45) is 0 Å². The van der Waals surface area contributed by atoms with Crippen LogP contribution < -0.4 is 10.9 Å². The number of fused-ring (bicyclic) bond motifs is 1. The van der Waals surface area contributed by atoms with Crippen LogP contribution in [0.5, 0.6) is 0 Å². The van der Waals surface area contributed by atoms with Crippen LogP contribution in [0.15, 0.2) is 35.3 Å². The monoisotopic (exact) mass is 310 g/mol. The summed E-state index contributed by atoms with van der Waals surface area (Å²) < 4.78 is 1.42. The van der Waals surface area contributed by atoms with E-state index in [-0.39, 0.29) is 23.7 Å². The van der Waals surface area contributed by atoms with E-state index < -0.39 is 0 Å². The molecule has 0 radical (unpaired) electrons. The summed E-state index contributed by atoms with van der Waals surface area (Å²) in [6.45, 7) is 1.63. The van der Waals surface area contributed by atoms with Crippen LogP contribution >= 0.6 is 0 Å². The molecule has 0 spiro atoms. The number of nitrogens with one attached hydrogen (secondary N) is 1. The number of hydrogen-bond donors (Lipinski definition) is 1. The van der Waals surface area contributed by atoms with Crippen molar-refractivity contribution in [1.82, 2.24) is 9.30 Å². The molecular weight excluding hydrogens is 292 g/mol. The lowest BCUT2D eigenvalue weighted by atomic mass is 10.1. The normalized spacial score (nSPS) is 14.5. The van der Waals surface area contributed by atoms with Gasteiger partial charge in [-0.25, -0.2) is 0 Å². The summed E-state index contributed by atoms with van der Waals surface area (Å²) in [5, 5.41) is 12.2. The van der Waals surface area contributed by atoms with Crippen LogP contribution in [0.4, 0.5) is 5.69 Å². The van der Waals surface area contributed by atoms with Crippen LogP contribution in [0, 0.1) is 11.3 Å². The zero-order valence-electron chi connectivity index (χ0n) is 12.8. The van der Waals surface area contributed by atoms with E-state index in [1.807, 2.05) is 4.90 Å². The highest BCUT2D eigenvalue weighted by atomic mass is 16.2. The maximum absolute atomic E-state index is 12.5. The average Bonchev–Trinajstić information content (AvgIpc) is 2.62. The van der Waals surface area contributed by atoms with Crippen molar-refractivity contribution < 1.29 is 4.79 Å². The molecule has 0 unspecified atom stereocenters. The summed E-state index contributed by atoms with van der Waals surface area (Å²) in [7, 11) is 0. The summed E-state index contributed by atoms with van der Waals surface area (Å²) in [6, 6.07) is 8.85. The number of aromatic nitrogens is 1. The molecule has 2 aromatic heterocycles. The maximum atomic E-state index is 12.5. The van der Waals surface area contributed by atoms with Gasteiger partial charge in [0.05, 0.1) is 17.6 Å². The number of likely N-dealkylation sites (tertiary alicyclic amines) is 1. The highest BCUT2D eigenvalue weighted by Crippen LogP contribution is 2.13. The molecule has 1 amide bonds. The fourth-order valence-corrected chi connectivity index (χ4v) is 2.89. The van der Waals surface area contributed by atoms with Crippen LogP contribution in [0.2, 0.25) is 0 Å². The third-order valence-corrected chi connectivity index (χ3v) is 4.13. The number of carbonyl (C=O) groups is 1. The Bertz CT molecular complexity index is 829. The zero-order chi connectivity index (χ0) is 16.2. The zero-order valence-corrected chi connectivity index (χ0v) is 12.8. The van der Waals surface area contributed by atoms with E-state index in [0.717, 1.165) is 32.4 Å². The summed E-state index contributed by atoms with van der Waals surface area (Å²) in [5.41, 5.74) is 0.979. The average molecular weight is 310 g/mol. The minimum Gasteiger partial charge on any atom is -0.372 e.